The number of rotatable bonds is 3. The molecule has 5 nitrogen and oxygen atoms in total. The predicted molar refractivity (Wildman–Crippen MR) is 92.2 cm³/mol. The summed E-state index contributed by atoms with van der Waals surface area (Å²) in [5.41, 5.74) is 1.63. The minimum absolute atomic E-state index is 0.165. The van der Waals surface area contributed by atoms with Gasteiger partial charge in [0.25, 0.3) is 0 Å². The lowest BCUT2D eigenvalue weighted by Gasteiger charge is -2.36. The van der Waals surface area contributed by atoms with Crippen LogP contribution in [0.2, 0.25) is 0 Å². The van der Waals surface area contributed by atoms with E-state index in [1.54, 1.807) is 24.1 Å². The third kappa shape index (κ3) is 3.59. The van der Waals surface area contributed by atoms with Gasteiger partial charge in [0.1, 0.15) is 11.6 Å². The van der Waals surface area contributed by atoms with Crippen LogP contribution in [0.5, 0.6) is 5.75 Å². The summed E-state index contributed by atoms with van der Waals surface area (Å²) in [4.78, 5) is 16.3. The van der Waals surface area contributed by atoms with Crippen LogP contribution in [0.3, 0.4) is 0 Å². The molecule has 1 aliphatic rings. The van der Waals surface area contributed by atoms with E-state index in [2.05, 4.69) is 10.2 Å². The molecule has 3 rings (SSSR count). The Labute approximate surface area is 140 Å². The number of hydrogen-bond acceptors (Lipinski definition) is 3. The molecule has 2 amide bonds. The van der Waals surface area contributed by atoms with E-state index in [1.807, 2.05) is 24.3 Å². The first-order chi connectivity index (χ1) is 11.7. The fraction of sp³-hybridized carbons (Fsp3) is 0.278. The van der Waals surface area contributed by atoms with Gasteiger partial charge in [0.2, 0.25) is 0 Å². The van der Waals surface area contributed by atoms with Crippen molar-refractivity contribution in [2.45, 2.75) is 0 Å². The molecule has 1 heterocycles. The Morgan fingerprint density at radius 1 is 1.04 bits per heavy atom. The first-order valence-corrected chi connectivity index (χ1v) is 7.87. The molecule has 1 N–H and O–H groups in total. The Morgan fingerprint density at radius 3 is 2.38 bits per heavy atom. The predicted octanol–water partition coefficient (Wildman–Crippen LogP) is 3.19. The zero-order valence-electron chi connectivity index (χ0n) is 13.5. The van der Waals surface area contributed by atoms with Crippen LogP contribution >= 0.6 is 0 Å². The molecule has 24 heavy (non-hydrogen) atoms. The first kappa shape index (κ1) is 16.1. The zero-order chi connectivity index (χ0) is 16.9. The summed E-state index contributed by atoms with van der Waals surface area (Å²) >= 11 is 0. The van der Waals surface area contributed by atoms with Gasteiger partial charge in [0.15, 0.2) is 0 Å². The highest BCUT2D eigenvalue weighted by Crippen LogP contribution is 2.28. The minimum atomic E-state index is -0.321. The number of amides is 2. The number of hydrogen-bond donors (Lipinski definition) is 1. The maximum absolute atomic E-state index is 12.9. The number of carbonyl (C=O) groups is 1. The van der Waals surface area contributed by atoms with Gasteiger partial charge in [-0.2, -0.15) is 0 Å². The Bertz CT molecular complexity index is 698. The number of nitrogens with zero attached hydrogens (tertiary/aromatic N) is 2. The standard InChI is InChI=1S/C18H20FN3O2/c1-24-17-5-3-2-4-16(17)21-10-12-22(13-11-21)18(23)20-15-8-6-14(19)7-9-15/h2-9H,10-13H2,1H3,(H,20,23). The van der Waals surface area contributed by atoms with Crippen molar-refractivity contribution >= 4 is 17.4 Å². The fourth-order valence-corrected chi connectivity index (χ4v) is 2.78. The largest absolute Gasteiger partial charge is 0.495 e. The van der Waals surface area contributed by atoms with Crippen LogP contribution in [-0.4, -0.2) is 44.2 Å². The molecule has 1 saturated heterocycles. The average Bonchev–Trinajstić information content (AvgIpc) is 2.63. The van der Waals surface area contributed by atoms with Crippen molar-refractivity contribution in [2.75, 3.05) is 43.5 Å². The number of benzene rings is 2. The minimum Gasteiger partial charge on any atom is -0.495 e. The lowest BCUT2D eigenvalue weighted by atomic mass is 10.2. The lowest BCUT2D eigenvalue weighted by Crippen LogP contribution is -2.50. The second-order valence-corrected chi connectivity index (χ2v) is 5.58. The molecule has 1 aliphatic heterocycles. The summed E-state index contributed by atoms with van der Waals surface area (Å²) in [6.45, 7) is 2.70. The van der Waals surface area contributed by atoms with E-state index in [1.165, 1.54) is 12.1 Å². The van der Waals surface area contributed by atoms with Crippen LogP contribution in [0.1, 0.15) is 0 Å². The number of carbonyl (C=O) groups excluding carboxylic acids is 1. The van der Waals surface area contributed by atoms with Gasteiger partial charge in [-0.3, -0.25) is 0 Å². The number of halogens is 1. The van der Waals surface area contributed by atoms with Gasteiger partial charge < -0.3 is 19.9 Å². The van der Waals surface area contributed by atoms with Gasteiger partial charge in [-0.05, 0) is 36.4 Å². The molecule has 0 radical (unpaired) electrons. The molecule has 0 aromatic heterocycles. The average molecular weight is 329 g/mol. The summed E-state index contributed by atoms with van der Waals surface area (Å²) in [6.07, 6.45) is 0. The summed E-state index contributed by atoms with van der Waals surface area (Å²) in [5.74, 6) is 0.514. The van der Waals surface area contributed by atoms with Crippen LogP contribution in [0.4, 0.5) is 20.6 Å². The van der Waals surface area contributed by atoms with Crippen LogP contribution in [-0.2, 0) is 0 Å². The molecule has 0 unspecified atom stereocenters. The third-order valence-electron chi connectivity index (χ3n) is 4.09. The monoisotopic (exact) mass is 329 g/mol. The van der Waals surface area contributed by atoms with Crippen molar-refractivity contribution in [2.24, 2.45) is 0 Å². The number of nitrogens with one attached hydrogen (secondary N) is 1. The van der Waals surface area contributed by atoms with E-state index in [-0.39, 0.29) is 11.8 Å². The second-order valence-electron chi connectivity index (χ2n) is 5.58. The molecule has 0 aliphatic carbocycles. The van der Waals surface area contributed by atoms with Gasteiger partial charge in [0.05, 0.1) is 12.8 Å². The number of ether oxygens (including phenoxy) is 1. The van der Waals surface area contributed by atoms with Gasteiger partial charge in [0, 0.05) is 31.9 Å². The number of urea groups is 1. The van der Waals surface area contributed by atoms with Crippen LogP contribution in [0.15, 0.2) is 48.5 Å². The molecule has 0 saturated carbocycles. The van der Waals surface area contributed by atoms with Crippen molar-refractivity contribution in [3.8, 4) is 5.75 Å². The lowest BCUT2D eigenvalue weighted by molar-refractivity contribution is 0.208. The van der Waals surface area contributed by atoms with Crippen molar-refractivity contribution < 1.29 is 13.9 Å². The molecule has 6 heteroatoms. The van der Waals surface area contributed by atoms with Crippen molar-refractivity contribution in [1.82, 2.24) is 4.90 Å². The summed E-state index contributed by atoms with van der Waals surface area (Å²) in [7, 11) is 1.66. The molecular formula is C18H20FN3O2. The van der Waals surface area contributed by atoms with Crippen LogP contribution < -0.4 is 15.0 Å². The SMILES string of the molecule is COc1ccccc1N1CCN(C(=O)Nc2ccc(F)cc2)CC1. The highest BCUT2D eigenvalue weighted by atomic mass is 19.1. The van der Waals surface area contributed by atoms with E-state index in [0.29, 0.717) is 18.8 Å². The number of para-hydroxylation sites is 2. The third-order valence-corrected chi connectivity index (χ3v) is 4.09. The maximum atomic E-state index is 12.9. The summed E-state index contributed by atoms with van der Waals surface area (Å²) in [5, 5.41) is 2.79. The fourth-order valence-electron chi connectivity index (χ4n) is 2.78. The Hall–Kier alpha value is -2.76. The number of piperazine rings is 1. The first-order valence-electron chi connectivity index (χ1n) is 7.87. The molecular weight excluding hydrogens is 309 g/mol. The Balaban J connectivity index is 1.58. The topological polar surface area (TPSA) is 44.8 Å². The normalized spacial score (nSPS) is 14.4. The summed E-state index contributed by atoms with van der Waals surface area (Å²) < 4.78 is 18.3. The number of methoxy groups -OCH3 is 1. The van der Waals surface area contributed by atoms with E-state index >= 15 is 0 Å². The van der Waals surface area contributed by atoms with E-state index < -0.39 is 0 Å². The highest BCUT2D eigenvalue weighted by molar-refractivity contribution is 5.89. The van der Waals surface area contributed by atoms with Crippen molar-refractivity contribution in [3.05, 3.63) is 54.3 Å². The van der Waals surface area contributed by atoms with Gasteiger partial charge in [-0.25, -0.2) is 9.18 Å². The van der Waals surface area contributed by atoms with E-state index in [0.717, 1.165) is 24.5 Å². The zero-order valence-corrected chi connectivity index (χ0v) is 13.5. The molecule has 2 aromatic rings. The Kier molecular flexibility index (Phi) is 4.84. The quantitative estimate of drug-likeness (QED) is 0.940. The maximum Gasteiger partial charge on any atom is 0.321 e. The van der Waals surface area contributed by atoms with E-state index in [9.17, 15) is 9.18 Å². The highest BCUT2D eigenvalue weighted by Gasteiger charge is 2.22. The summed E-state index contributed by atoms with van der Waals surface area (Å²) in [6, 6.07) is 13.5. The van der Waals surface area contributed by atoms with Gasteiger partial charge in [-0.1, -0.05) is 12.1 Å². The van der Waals surface area contributed by atoms with Crippen LogP contribution in [0.25, 0.3) is 0 Å². The molecule has 0 bridgehead atoms. The number of anilines is 2. The van der Waals surface area contributed by atoms with Crippen molar-refractivity contribution in [1.29, 1.82) is 0 Å². The second kappa shape index (κ2) is 7.21. The molecule has 126 valence electrons. The van der Waals surface area contributed by atoms with E-state index in [4.69, 9.17) is 4.74 Å². The Morgan fingerprint density at radius 2 is 1.71 bits per heavy atom. The molecule has 1 fully saturated rings. The molecule has 2 aromatic carbocycles. The van der Waals surface area contributed by atoms with Gasteiger partial charge in [-0.15, -0.1) is 0 Å². The van der Waals surface area contributed by atoms with Crippen LogP contribution in [0, 0.1) is 5.82 Å². The molecule has 0 atom stereocenters. The van der Waals surface area contributed by atoms with Crippen molar-refractivity contribution in [3.63, 3.8) is 0 Å². The van der Waals surface area contributed by atoms with Gasteiger partial charge >= 0.3 is 6.03 Å². The molecule has 0 spiro atoms. The smallest absolute Gasteiger partial charge is 0.321 e.